The Kier molecular flexibility index (Phi) is 8.89. The molecule has 0 radical (unpaired) electrons. The molecule has 9 nitrogen and oxygen atoms in total. The molecule has 0 unspecified atom stereocenters. The summed E-state index contributed by atoms with van der Waals surface area (Å²) >= 11 is 0. The second kappa shape index (κ2) is 12.1. The summed E-state index contributed by atoms with van der Waals surface area (Å²) in [7, 11) is 3.21. The maximum absolute atomic E-state index is 12.6. The van der Waals surface area contributed by atoms with Gasteiger partial charge in [0.05, 0.1) is 14.2 Å². The number of aromatic nitrogens is 3. The van der Waals surface area contributed by atoms with Gasteiger partial charge >= 0.3 is 0 Å². The van der Waals surface area contributed by atoms with Gasteiger partial charge in [0.2, 0.25) is 11.8 Å². The van der Waals surface area contributed by atoms with Crippen LogP contribution in [0, 0.1) is 5.92 Å². The van der Waals surface area contributed by atoms with Gasteiger partial charge < -0.3 is 19.7 Å². The van der Waals surface area contributed by atoms with Crippen molar-refractivity contribution < 1.29 is 19.1 Å². The van der Waals surface area contributed by atoms with Crippen LogP contribution in [0.2, 0.25) is 0 Å². The summed E-state index contributed by atoms with van der Waals surface area (Å²) in [6.07, 6.45) is 7.72. The van der Waals surface area contributed by atoms with Crippen LogP contribution in [0.25, 0.3) is 0 Å². The molecule has 2 aromatic rings. The summed E-state index contributed by atoms with van der Waals surface area (Å²) in [4.78, 5) is 30.8. The molecule has 1 aliphatic rings. The molecule has 2 amide bonds. The number of piperidine rings is 1. The number of likely N-dealkylation sites (tertiary alicyclic amines) is 1. The van der Waals surface area contributed by atoms with Gasteiger partial charge in [-0.2, -0.15) is 5.10 Å². The van der Waals surface area contributed by atoms with Gasteiger partial charge in [0.25, 0.3) is 0 Å². The van der Waals surface area contributed by atoms with E-state index < -0.39 is 0 Å². The molecule has 32 heavy (non-hydrogen) atoms. The first-order valence-corrected chi connectivity index (χ1v) is 11.2. The Morgan fingerprint density at radius 2 is 2.09 bits per heavy atom. The molecule has 1 fully saturated rings. The average molecular weight is 444 g/mol. The standard InChI is InChI=1S/C23H33N5O4/c1-31-20-9-8-19(21(13-20)32-2)14-25-22(29)10-7-18-5-3-11-27(15-18)23(30)6-4-12-28-17-24-16-26-28/h8-9,13,16-18H,3-7,10-12,14-15H2,1-2H3,(H,25,29)/t18-/m1/s1. The number of methoxy groups -OCH3 is 2. The molecule has 2 heterocycles. The van der Waals surface area contributed by atoms with Crippen molar-refractivity contribution in [2.75, 3.05) is 27.3 Å². The Balaban J connectivity index is 1.37. The second-order valence-electron chi connectivity index (χ2n) is 8.10. The van der Waals surface area contributed by atoms with Gasteiger partial charge in [-0.05, 0) is 43.7 Å². The predicted molar refractivity (Wildman–Crippen MR) is 119 cm³/mol. The summed E-state index contributed by atoms with van der Waals surface area (Å²) in [5, 5.41) is 7.03. The molecule has 0 saturated carbocycles. The topological polar surface area (TPSA) is 98.6 Å². The number of nitrogens with zero attached hydrogens (tertiary/aromatic N) is 4. The predicted octanol–water partition coefficient (Wildman–Crippen LogP) is 2.41. The molecule has 1 saturated heterocycles. The van der Waals surface area contributed by atoms with Crippen LogP contribution in [0.5, 0.6) is 11.5 Å². The number of hydrogen-bond acceptors (Lipinski definition) is 6. The quantitative estimate of drug-likeness (QED) is 0.573. The van der Waals surface area contributed by atoms with Crippen molar-refractivity contribution in [3.63, 3.8) is 0 Å². The number of aryl methyl sites for hydroxylation is 1. The van der Waals surface area contributed by atoms with E-state index in [1.54, 1.807) is 31.3 Å². The molecule has 0 spiro atoms. The van der Waals surface area contributed by atoms with Crippen LogP contribution in [0.3, 0.4) is 0 Å². The Hall–Kier alpha value is -3.10. The van der Waals surface area contributed by atoms with Crippen molar-refractivity contribution in [1.29, 1.82) is 0 Å². The number of nitrogens with one attached hydrogen (secondary N) is 1. The molecule has 1 aromatic carbocycles. The summed E-state index contributed by atoms with van der Waals surface area (Å²) in [5.74, 6) is 1.97. The molecule has 1 aliphatic heterocycles. The lowest BCUT2D eigenvalue weighted by molar-refractivity contribution is -0.133. The number of hydrogen-bond donors (Lipinski definition) is 1. The molecule has 1 aromatic heterocycles. The number of benzene rings is 1. The second-order valence-corrected chi connectivity index (χ2v) is 8.10. The van der Waals surface area contributed by atoms with E-state index in [1.807, 2.05) is 17.0 Å². The Morgan fingerprint density at radius 3 is 2.84 bits per heavy atom. The largest absolute Gasteiger partial charge is 0.497 e. The average Bonchev–Trinajstić information content (AvgIpc) is 3.35. The van der Waals surface area contributed by atoms with E-state index in [4.69, 9.17) is 9.47 Å². The maximum Gasteiger partial charge on any atom is 0.222 e. The molecular weight excluding hydrogens is 410 g/mol. The lowest BCUT2D eigenvalue weighted by Gasteiger charge is -2.33. The molecule has 0 aliphatic carbocycles. The van der Waals surface area contributed by atoms with Crippen LogP contribution in [0.1, 0.15) is 44.1 Å². The first-order valence-electron chi connectivity index (χ1n) is 11.2. The van der Waals surface area contributed by atoms with E-state index in [1.165, 1.54) is 6.33 Å². The van der Waals surface area contributed by atoms with E-state index in [9.17, 15) is 9.59 Å². The zero-order valence-electron chi connectivity index (χ0n) is 19.0. The van der Waals surface area contributed by atoms with Gasteiger partial charge in [-0.3, -0.25) is 14.3 Å². The first kappa shape index (κ1) is 23.6. The molecule has 9 heteroatoms. The smallest absolute Gasteiger partial charge is 0.222 e. The third kappa shape index (κ3) is 6.96. The molecule has 1 atom stereocenters. The Labute approximate surface area is 189 Å². The fourth-order valence-electron chi connectivity index (χ4n) is 4.04. The third-order valence-corrected chi connectivity index (χ3v) is 5.87. The highest BCUT2D eigenvalue weighted by Crippen LogP contribution is 2.25. The number of rotatable bonds is 11. The van der Waals surface area contributed by atoms with Crippen LogP contribution in [0.4, 0.5) is 0 Å². The van der Waals surface area contributed by atoms with Gasteiger partial charge in [0.15, 0.2) is 0 Å². The molecule has 174 valence electrons. The SMILES string of the molecule is COc1ccc(CNC(=O)CC[C@H]2CCCN(C(=O)CCCn3cncn3)C2)c(OC)c1. The highest BCUT2D eigenvalue weighted by molar-refractivity contribution is 5.76. The van der Waals surface area contributed by atoms with Crippen LogP contribution in [0.15, 0.2) is 30.9 Å². The van der Waals surface area contributed by atoms with Gasteiger partial charge in [-0.15, -0.1) is 0 Å². The van der Waals surface area contributed by atoms with E-state index in [0.717, 1.165) is 44.3 Å². The number of amides is 2. The zero-order chi connectivity index (χ0) is 22.8. The van der Waals surface area contributed by atoms with Crippen LogP contribution >= 0.6 is 0 Å². The minimum absolute atomic E-state index is 0.0131. The Bertz CT molecular complexity index is 871. The lowest BCUT2D eigenvalue weighted by Crippen LogP contribution is -2.40. The van der Waals surface area contributed by atoms with Gasteiger partial charge in [0.1, 0.15) is 24.2 Å². The third-order valence-electron chi connectivity index (χ3n) is 5.87. The molecule has 1 N–H and O–H groups in total. The maximum atomic E-state index is 12.6. The summed E-state index contributed by atoms with van der Waals surface area (Å²) in [6, 6.07) is 5.55. The molecule has 0 bridgehead atoms. The number of carbonyl (C=O) groups is 2. The van der Waals surface area contributed by atoms with Crippen molar-refractivity contribution in [2.45, 2.75) is 51.6 Å². The van der Waals surface area contributed by atoms with Crippen molar-refractivity contribution in [3.8, 4) is 11.5 Å². The number of carbonyl (C=O) groups excluding carboxylic acids is 2. The van der Waals surface area contributed by atoms with Crippen LogP contribution in [-0.2, 0) is 22.7 Å². The van der Waals surface area contributed by atoms with Crippen LogP contribution in [-0.4, -0.2) is 58.8 Å². The minimum atomic E-state index is 0.0131. The van der Waals surface area contributed by atoms with Crippen LogP contribution < -0.4 is 14.8 Å². The highest BCUT2D eigenvalue weighted by atomic mass is 16.5. The summed E-state index contributed by atoms with van der Waals surface area (Å²) in [5.41, 5.74) is 0.905. The van der Waals surface area contributed by atoms with Crippen molar-refractivity contribution in [1.82, 2.24) is 25.0 Å². The van der Waals surface area contributed by atoms with E-state index >= 15 is 0 Å². The zero-order valence-corrected chi connectivity index (χ0v) is 19.0. The molecule has 3 rings (SSSR count). The first-order chi connectivity index (χ1) is 15.6. The number of ether oxygens (including phenoxy) is 2. The summed E-state index contributed by atoms with van der Waals surface area (Å²) < 4.78 is 12.3. The highest BCUT2D eigenvalue weighted by Gasteiger charge is 2.23. The van der Waals surface area contributed by atoms with Gasteiger partial charge in [0, 0.05) is 50.7 Å². The van der Waals surface area contributed by atoms with E-state index in [-0.39, 0.29) is 11.8 Å². The van der Waals surface area contributed by atoms with Gasteiger partial charge in [-0.1, -0.05) is 0 Å². The Morgan fingerprint density at radius 1 is 1.22 bits per heavy atom. The normalized spacial score (nSPS) is 15.9. The monoisotopic (exact) mass is 443 g/mol. The van der Waals surface area contributed by atoms with Gasteiger partial charge in [-0.25, -0.2) is 4.98 Å². The molecular formula is C23H33N5O4. The van der Waals surface area contributed by atoms with E-state index in [0.29, 0.717) is 43.3 Å². The van der Waals surface area contributed by atoms with E-state index in [2.05, 4.69) is 15.4 Å². The lowest BCUT2D eigenvalue weighted by atomic mass is 9.93. The minimum Gasteiger partial charge on any atom is -0.497 e. The van der Waals surface area contributed by atoms with Crippen molar-refractivity contribution >= 4 is 11.8 Å². The van der Waals surface area contributed by atoms with Crippen molar-refractivity contribution in [2.24, 2.45) is 5.92 Å². The summed E-state index contributed by atoms with van der Waals surface area (Å²) in [6.45, 7) is 2.65. The fraction of sp³-hybridized carbons (Fsp3) is 0.565. The van der Waals surface area contributed by atoms with Crippen molar-refractivity contribution in [3.05, 3.63) is 36.4 Å². The fourth-order valence-corrected chi connectivity index (χ4v) is 4.04.